The van der Waals surface area contributed by atoms with Crippen LogP contribution in [0.2, 0.25) is 5.02 Å². The molecule has 0 radical (unpaired) electrons. The number of alkyl halides is 1. The van der Waals surface area contributed by atoms with E-state index in [0.717, 1.165) is 11.1 Å². The quantitative estimate of drug-likeness (QED) is 0.678. The van der Waals surface area contributed by atoms with E-state index in [9.17, 15) is 4.39 Å². The average molecular weight is 374 g/mol. The summed E-state index contributed by atoms with van der Waals surface area (Å²) in [5.74, 6) is 1.07. The van der Waals surface area contributed by atoms with Gasteiger partial charge in [-0.25, -0.2) is 4.39 Å². The van der Waals surface area contributed by atoms with Crippen molar-refractivity contribution in [3.8, 4) is 11.5 Å². The minimum atomic E-state index is -0.315. The number of halogens is 3. The molecule has 0 saturated carbocycles. The standard InChI is InChI=1S/C16H15BrClFO2/c1-9-6-12(13(18)8-14(9)19)16(17)11-5-4-10(20-2)7-15(11)21-3/h4-8,16H,1-3H3. The first kappa shape index (κ1) is 16.1. The van der Waals surface area contributed by atoms with Crippen molar-refractivity contribution < 1.29 is 13.9 Å². The van der Waals surface area contributed by atoms with E-state index >= 15 is 0 Å². The van der Waals surface area contributed by atoms with Crippen LogP contribution in [0.3, 0.4) is 0 Å². The number of rotatable bonds is 4. The summed E-state index contributed by atoms with van der Waals surface area (Å²) in [5, 5.41) is 0.373. The highest BCUT2D eigenvalue weighted by Crippen LogP contribution is 2.41. The van der Waals surface area contributed by atoms with Gasteiger partial charge in [0.2, 0.25) is 0 Å². The second kappa shape index (κ2) is 6.67. The Morgan fingerprint density at radius 3 is 2.43 bits per heavy atom. The lowest BCUT2D eigenvalue weighted by molar-refractivity contribution is 0.391. The molecule has 0 bridgehead atoms. The van der Waals surface area contributed by atoms with Crippen LogP contribution >= 0.6 is 27.5 Å². The first-order valence-corrected chi connectivity index (χ1v) is 7.58. The van der Waals surface area contributed by atoms with Crippen molar-refractivity contribution in [2.24, 2.45) is 0 Å². The van der Waals surface area contributed by atoms with E-state index in [4.69, 9.17) is 21.1 Å². The zero-order valence-corrected chi connectivity index (χ0v) is 14.3. The van der Waals surface area contributed by atoms with Gasteiger partial charge in [-0.15, -0.1) is 0 Å². The van der Waals surface area contributed by atoms with Gasteiger partial charge in [0.25, 0.3) is 0 Å². The van der Waals surface area contributed by atoms with E-state index in [1.165, 1.54) is 6.07 Å². The highest BCUT2D eigenvalue weighted by Gasteiger charge is 2.19. The molecule has 1 atom stereocenters. The molecule has 0 N–H and O–H groups in total. The van der Waals surface area contributed by atoms with Crippen LogP contribution in [0.25, 0.3) is 0 Å². The normalized spacial score (nSPS) is 12.1. The van der Waals surface area contributed by atoms with Gasteiger partial charge < -0.3 is 9.47 Å². The summed E-state index contributed by atoms with van der Waals surface area (Å²) in [6.07, 6.45) is 0. The fourth-order valence-corrected chi connectivity index (χ4v) is 3.22. The molecule has 0 amide bonds. The monoisotopic (exact) mass is 372 g/mol. The van der Waals surface area contributed by atoms with Gasteiger partial charge >= 0.3 is 0 Å². The Hall–Kier alpha value is -1.26. The molecule has 0 heterocycles. The fourth-order valence-electron chi connectivity index (χ4n) is 2.07. The zero-order chi connectivity index (χ0) is 15.6. The molecule has 112 valence electrons. The second-order valence-electron chi connectivity index (χ2n) is 4.59. The van der Waals surface area contributed by atoms with E-state index in [-0.39, 0.29) is 10.6 Å². The molecule has 2 nitrogen and oxygen atoms in total. The Labute approximate surface area is 137 Å². The molecular weight excluding hydrogens is 359 g/mol. The molecule has 0 spiro atoms. The van der Waals surface area contributed by atoms with E-state index in [0.29, 0.717) is 22.1 Å². The smallest absolute Gasteiger partial charge is 0.127 e. The predicted molar refractivity (Wildman–Crippen MR) is 86.5 cm³/mol. The third-order valence-electron chi connectivity index (χ3n) is 3.26. The lowest BCUT2D eigenvalue weighted by Crippen LogP contribution is -2.00. The Morgan fingerprint density at radius 2 is 1.81 bits per heavy atom. The number of methoxy groups -OCH3 is 2. The molecule has 0 saturated heterocycles. The molecule has 2 aromatic carbocycles. The third-order valence-corrected chi connectivity index (χ3v) is 4.58. The van der Waals surface area contributed by atoms with Crippen LogP contribution in [0.5, 0.6) is 11.5 Å². The molecule has 0 aliphatic rings. The van der Waals surface area contributed by atoms with Crippen molar-refractivity contribution in [1.29, 1.82) is 0 Å². The zero-order valence-electron chi connectivity index (χ0n) is 11.9. The summed E-state index contributed by atoms with van der Waals surface area (Å²) >= 11 is 9.78. The Kier molecular flexibility index (Phi) is 5.12. The molecule has 2 rings (SSSR count). The van der Waals surface area contributed by atoms with Crippen molar-refractivity contribution in [3.63, 3.8) is 0 Å². The van der Waals surface area contributed by atoms with Gasteiger partial charge in [0.1, 0.15) is 17.3 Å². The molecule has 0 aliphatic heterocycles. The van der Waals surface area contributed by atoms with Crippen LogP contribution in [0, 0.1) is 12.7 Å². The number of hydrogen-bond acceptors (Lipinski definition) is 2. The van der Waals surface area contributed by atoms with Crippen LogP contribution in [-0.2, 0) is 0 Å². The largest absolute Gasteiger partial charge is 0.497 e. The topological polar surface area (TPSA) is 18.5 Å². The van der Waals surface area contributed by atoms with Gasteiger partial charge in [-0.1, -0.05) is 39.7 Å². The maximum absolute atomic E-state index is 13.5. The molecule has 2 aromatic rings. The minimum Gasteiger partial charge on any atom is -0.497 e. The molecule has 0 aromatic heterocycles. The van der Waals surface area contributed by atoms with Crippen molar-refractivity contribution >= 4 is 27.5 Å². The summed E-state index contributed by atoms with van der Waals surface area (Å²) < 4.78 is 24.1. The van der Waals surface area contributed by atoms with Gasteiger partial charge in [-0.3, -0.25) is 0 Å². The summed E-state index contributed by atoms with van der Waals surface area (Å²) in [6, 6.07) is 8.60. The maximum Gasteiger partial charge on any atom is 0.127 e. The molecule has 5 heteroatoms. The Morgan fingerprint density at radius 1 is 1.10 bits per heavy atom. The van der Waals surface area contributed by atoms with E-state index in [1.54, 1.807) is 33.3 Å². The molecular formula is C16H15BrClFO2. The Balaban J connectivity index is 2.49. The van der Waals surface area contributed by atoms with Crippen molar-refractivity contribution in [3.05, 3.63) is 57.9 Å². The fraction of sp³-hybridized carbons (Fsp3) is 0.250. The molecule has 21 heavy (non-hydrogen) atoms. The van der Waals surface area contributed by atoms with Gasteiger partial charge in [-0.2, -0.15) is 0 Å². The predicted octanol–water partition coefficient (Wildman–Crippen LogP) is 5.29. The third kappa shape index (κ3) is 3.33. The number of aryl methyl sites for hydroxylation is 1. The molecule has 0 aliphatic carbocycles. The summed E-state index contributed by atoms with van der Waals surface area (Å²) in [5.41, 5.74) is 2.23. The van der Waals surface area contributed by atoms with Crippen molar-refractivity contribution in [1.82, 2.24) is 0 Å². The lowest BCUT2D eigenvalue weighted by Gasteiger charge is -2.17. The average Bonchev–Trinajstić information content (AvgIpc) is 2.49. The lowest BCUT2D eigenvalue weighted by atomic mass is 10.0. The van der Waals surface area contributed by atoms with Gasteiger partial charge in [0, 0.05) is 16.7 Å². The minimum absolute atomic E-state index is 0.204. The summed E-state index contributed by atoms with van der Waals surface area (Å²) in [7, 11) is 3.19. The van der Waals surface area contributed by atoms with Crippen LogP contribution in [0.15, 0.2) is 30.3 Å². The van der Waals surface area contributed by atoms with Gasteiger partial charge in [-0.05, 0) is 30.2 Å². The van der Waals surface area contributed by atoms with Crippen LogP contribution in [0.1, 0.15) is 21.5 Å². The highest BCUT2D eigenvalue weighted by atomic mass is 79.9. The molecule has 0 fully saturated rings. The number of benzene rings is 2. The van der Waals surface area contributed by atoms with Crippen molar-refractivity contribution in [2.45, 2.75) is 11.8 Å². The van der Waals surface area contributed by atoms with Gasteiger partial charge in [0.15, 0.2) is 0 Å². The molecule has 1 unspecified atom stereocenters. The Bertz CT molecular complexity index is 661. The van der Waals surface area contributed by atoms with Crippen LogP contribution < -0.4 is 9.47 Å². The van der Waals surface area contributed by atoms with Crippen molar-refractivity contribution in [2.75, 3.05) is 14.2 Å². The van der Waals surface area contributed by atoms with Crippen LogP contribution in [0.4, 0.5) is 4.39 Å². The van der Waals surface area contributed by atoms with E-state index < -0.39 is 0 Å². The SMILES string of the molecule is COc1ccc(C(Br)c2cc(C)c(F)cc2Cl)c(OC)c1. The van der Waals surface area contributed by atoms with Crippen LogP contribution in [-0.4, -0.2) is 14.2 Å². The number of ether oxygens (including phenoxy) is 2. The second-order valence-corrected chi connectivity index (χ2v) is 5.92. The highest BCUT2D eigenvalue weighted by molar-refractivity contribution is 9.09. The first-order valence-electron chi connectivity index (χ1n) is 6.29. The first-order chi connectivity index (χ1) is 9.97. The number of hydrogen-bond donors (Lipinski definition) is 0. The summed E-state index contributed by atoms with van der Waals surface area (Å²) in [6.45, 7) is 1.71. The maximum atomic E-state index is 13.5. The van der Waals surface area contributed by atoms with E-state index in [2.05, 4.69) is 15.9 Å². The van der Waals surface area contributed by atoms with Gasteiger partial charge in [0.05, 0.1) is 19.0 Å². The summed E-state index contributed by atoms with van der Waals surface area (Å²) in [4.78, 5) is -0.204. The van der Waals surface area contributed by atoms with E-state index in [1.807, 2.05) is 12.1 Å².